The minimum Gasteiger partial charge on any atom is -0.385 e. The molecule has 2 aromatic rings. The lowest BCUT2D eigenvalue weighted by Crippen LogP contribution is -2.29. The van der Waals surface area contributed by atoms with Gasteiger partial charge < -0.3 is 11.1 Å². The van der Waals surface area contributed by atoms with Crippen molar-refractivity contribution in [3.8, 4) is 11.1 Å². The molecule has 0 bridgehead atoms. The van der Waals surface area contributed by atoms with E-state index in [4.69, 9.17) is 5.73 Å². The molecule has 2 nitrogen and oxygen atoms in total. The lowest BCUT2D eigenvalue weighted by molar-refractivity contribution is 0.339. The second-order valence-electron chi connectivity index (χ2n) is 6.11. The van der Waals surface area contributed by atoms with Crippen LogP contribution in [0, 0.1) is 5.92 Å². The van der Waals surface area contributed by atoms with Crippen LogP contribution < -0.4 is 11.1 Å². The fourth-order valence-electron chi connectivity index (χ4n) is 3.07. The van der Waals surface area contributed by atoms with Crippen molar-refractivity contribution in [3.05, 3.63) is 54.6 Å². The van der Waals surface area contributed by atoms with Gasteiger partial charge in [-0.05, 0) is 54.9 Å². The molecule has 0 heterocycles. The Morgan fingerprint density at radius 3 is 2.10 bits per heavy atom. The molecule has 0 aromatic heterocycles. The number of nitrogens with one attached hydrogen (secondary N) is 1. The summed E-state index contributed by atoms with van der Waals surface area (Å²) in [4.78, 5) is 0. The van der Waals surface area contributed by atoms with Crippen LogP contribution in [0.2, 0.25) is 0 Å². The summed E-state index contributed by atoms with van der Waals surface area (Å²) in [5.41, 5.74) is 9.71. The van der Waals surface area contributed by atoms with Crippen LogP contribution in [0.1, 0.15) is 25.7 Å². The zero-order valence-corrected chi connectivity index (χ0v) is 12.5. The van der Waals surface area contributed by atoms with Crippen LogP contribution in [-0.4, -0.2) is 12.6 Å². The van der Waals surface area contributed by atoms with Crippen molar-refractivity contribution in [2.45, 2.75) is 31.7 Å². The Labute approximate surface area is 127 Å². The molecule has 1 fully saturated rings. The second-order valence-corrected chi connectivity index (χ2v) is 6.11. The van der Waals surface area contributed by atoms with Gasteiger partial charge in [-0.25, -0.2) is 0 Å². The van der Waals surface area contributed by atoms with E-state index in [9.17, 15) is 0 Å². The largest absolute Gasteiger partial charge is 0.385 e. The molecule has 110 valence electrons. The van der Waals surface area contributed by atoms with Crippen molar-refractivity contribution in [1.82, 2.24) is 0 Å². The van der Waals surface area contributed by atoms with E-state index < -0.39 is 0 Å². The number of anilines is 1. The Morgan fingerprint density at radius 1 is 0.810 bits per heavy atom. The molecule has 3 rings (SSSR count). The number of nitrogens with two attached hydrogens (primary N) is 1. The van der Waals surface area contributed by atoms with Crippen molar-refractivity contribution in [2.75, 3.05) is 11.9 Å². The lowest BCUT2D eigenvalue weighted by atomic mass is 9.86. The highest BCUT2D eigenvalue weighted by Crippen LogP contribution is 2.25. The summed E-state index contributed by atoms with van der Waals surface area (Å²) in [6.07, 6.45) is 4.88. The zero-order valence-electron chi connectivity index (χ0n) is 12.5. The highest BCUT2D eigenvalue weighted by molar-refractivity contribution is 5.65. The summed E-state index contributed by atoms with van der Waals surface area (Å²) in [6.45, 7) is 1.07. The SMILES string of the molecule is N[C@H]1CC[C@H](CNc2ccc(-c3ccccc3)cc2)CC1. The van der Waals surface area contributed by atoms with Crippen molar-refractivity contribution in [1.29, 1.82) is 0 Å². The molecule has 0 atom stereocenters. The third kappa shape index (κ3) is 3.85. The molecule has 0 aliphatic heterocycles. The van der Waals surface area contributed by atoms with E-state index in [2.05, 4.69) is 59.9 Å². The third-order valence-electron chi connectivity index (χ3n) is 4.48. The van der Waals surface area contributed by atoms with E-state index in [-0.39, 0.29) is 0 Å². The van der Waals surface area contributed by atoms with Crippen LogP contribution in [0.25, 0.3) is 11.1 Å². The first-order chi connectivity index (χ1) is 10.3. The topological polar surface area (TPSA) is 38.0 Å². The molecule has 0 unspecified atom stereocenters. The molecule has 0 radical (unpaired) electrons. The molecule has 2 heteroatoms. The Balaban J connectivity index is 1.55. The van der Waals surface area contributed by atoms with Gasteiger partial charge in [0.15, 0.2) is 0 Å². The van der Waals surface area contributed by atoms with Crippen molar-refractivity contribution >= 4 is 5.69 Å². The van der Waals surface area contributed by atoms with Gasteiger partial charge in [0, 0.05) is 18.3 Å². The van der Waals surface area contributed by atoms with Gasteiger partial charge in [0.2, 0.25) is 0 Å². The van der Waals surface area contributed by atoms with Gasteiger partial charge in [0.1, 0.15) is 0 Å². The van der Waals surface area contributed by atoms with Crippen LogP contribution in [0.15, 0.2) is 54.6 Å². The van der Waals surface area contributed by atoms with E-state index in [1.54, 1.807) is 0 Å². The van der Waals surface area contributed by atoms with Crippen LogP contribution in [-0.2, 0) is 0 Å². The summed E-state index contributed by atoms with van der Waals surface area (Å²) >= 11 is 0. The highest BCUT2D eigenvalue weighted by Gasteiger charge is 2.17. The molecule has 3 N–H and O–H groups in total. The van der Waals surface area contributed by atoms with Crippen molar-refractivity contribution < 1.29 is 0 Å². The van der Waals surface area contributed by atoms with Crippen LogP contribution in [0.5, 0.6) is 0 Å². The summed E-state index contributed by atoms with van der Waals surface area (Å²) in [5.74, 6) is 0.776. The van der Waals surface area contributed by atoms with Crippen LogP contribution in [0.3, 0.4) is 0 Å². The third-order valence-corrected chi connectivity index (χ3v) is 4.48. The molecule has 0 spiro atoms. The average Bonchev–Trinajstić information content (AvgIpc) is 2.56. The highest BCUT2D eigenvalue weighted by atomic mass is 14.9. The Morgan fingerprint density at radius 2 is 1.43 bits per heavy atom. The molecule has 2 aromatic carbocycles. The van der Waals surface area contributed by atoms with E-state index in [0.29, 0.717) is 6.04 Å². The normalized spacial score (nSPS) is 22.0. The summed E-state index contributed by atoms with van der Waals surface area (Å²) in [5, 5.41) is 3.57. The Bertz CT molecular complexity index is 540. The Kier molecular flexibility index (Phi) is 4.56. The monoisotopic (exact) mass is 280 g/mol. The van der Waals surface area contributed by atoms with Gasteiger partial charge >= 0.3 is 0 Å². The maximum atomic E-state index is 5.96. The minimum atomic E-state index is 0.436. The van der Waals surface area contributed by atoms with Gasteiger partial charge in [-0.1, -0.05) is 42.5 Å². The first-order valence-electron chi connectivity index (χ1n) is 7.96. The molecule has 0 amide bonds. The van der Waals surface area contributed by atoms with Gasteiger partial charge in [-0.3, -0.25) is 0 Å². The Hall–Kier alpha value is -1.80. The number of rotatable bonds is 4. The summed E-state index contributed by atoms with van der Waals surface area (Å²) in [7, 11) is 0. The van der Waals surface area contributed by atoms with Crippen LogP contribution >= 0.6 is 0 Å². The predicted molar refractivity (Wildman–Crippen MR) is 90.3 cm³/mol. The first kappa shape index (κ1) is 14.2. The maximum Gasteiger partial charge on any atom is 0.0340 e. The smallest absolute Gasteiger partial charge is 0.0340 e. The molecule has 1 aliphatic rings. The van der Waals surface area contributed by atoms with Gasteiger partial charge in [-0.2, -0.15) is 0 Å². The second kappa shape index (κ2) is 6.77. The van der Waals surface area contributed by atoms with Crippen molar-refractivity contribution in [2.24, 2.45) is 11.7 Å². The van der Waals surface area contributed by atoms with E-state index in [0.717, 1.165) is 12.5 Å². The fraction of sp³-hybridized carbons (Fsp3) is 0.368. The van der Waals surface area contributed by atoms with E-state index in [1.165, 1.54) is 42.5 Å². The maximum absolute atomic E-state index is 5.96. The molecule has 1 saturated carbocycles. The molecular formula is C19H24N2. The van der Waals surface area contributed by atoms with E-state index >= 15 is 0 Å². The zero-order chi connectivity index (χ0) is 14.5. The quantitative estimate of drug-likeness (QED) is 0.877. The van der Waals surface area contributed by atoms with Gasteiger partial charge in [0.25, 0.3) is 0 Å². The standard InChI is InChI=1S/C19H24N2/c20-18-10-6-15(7-11-18)14-21-19-12-8-17(9-13-19)16-4-2-1-3-5-16/h1-5,8-9,12-13,15,18,21H,6-7,10-11,14,20H2/t15-,18-. The number of benzene rings is 2. The minimum absolute atomic E-state index is 0.436. The van der Waals surface area contributed by atoms with Gasteiger partial charge in [0.05, 0.1) is 0 Å². The van der Waals surface area contributed by atoms with Crippen LogP contribution in [0.4, 0.5) is 5.69 Å². The number of hydrogen-bond acceptors (Lipinski definition) is 2. The summed E-state index contributed by atoms with van der Waals surface area (Å²) < 4.78 is 0. The fourth-order valence-corrected chi connectivity index (χ4v) is 3.07. The van der Waals surface area contributed by atoms with Crippen molar-refractivity contribution in [3.63, 3.8) is 0 Å². The lowest BCUT2D eigenvalue weighted by Gasteiger charge is -2.26. The van der Waals surface area contributed by atoms with E-state index in [1.807, 2.05) is 0 Å². The van der Waals surface area contributed by atoms with Gasteiger partial charge in [-0.15, -0.1) is 0 Å². The molecule has 21 heavy (non-hydrogen) atoms. The molecule has 0 saturated heterocycles. The summed E-state index contributed by atoms with van der Waals surface area (Å²) in [6, 6.07) is 19.7. The predicted octanol–water partition coefficient (Wildman–Crippen LogP) is 4.28. The average molecular weight is 280 g/mol. The number of hydrogen-bond donors (Lipinski definition) is 2. The first-order valence-corrected chi connectivity index (χ1v) is 7.96. The molecular weight excluding hydrogens is 256 g/mol. The molecule has 1 aliphatic carbocycles.